The van der Waals surface area contributed by atoms with Crippen LogP contribution in [0.2, 0.25) is 0 Å². The summed E-state index contributed by atoms with van der Waals surface area (Å²) >= 11 is 0. The molecule has 0 saturated carbocycles. The van der Waals surface area contributed by atoms with Gasteiger partial charge in [-0.25, -0.2) is 4.98 Å². The molecule has 0 unspecified atom stereocenters. The minimum Gasteiger partial charge on any atom is -0.543 e. The Kier molecular flexibility index (Phi) is 3.42. The fraction of sp³-hybridized carbons (Fsp3) is 0. The van der Waals surface area contributed by atoms with Gasteiger partial charge in [0.25, 0.3) is 11.6 Å². The minimum absolute atomic E-state index is 0.127. The van der Waals surface area contributed by atoms with Gasteiger partial charge in [-0.3, -0.25) is 14.9 Å². The molecule has 0 fully saturated rings. The van der Waals surface area contributed by atoms with Gasteiger partial charge in [0, 0.05) is 17.8 Å². The molecule has 2 rings (SSSR count). The number of nitrogens with one attached hydrogen (secondary N) is 2. The number of rotatable bonds is 4. The van der Waals surface area contributed by atoms with Gasteiger partial charge in [-0.2, -0.15) is 0 Å². The van der Waals surface area contributed by atoms with Crippen LogP contribution in [0, 0.1) is 10.1 Å². The van der Waals surface area contributed by atoms with Gasteiger partial charge in [-0.1, -0.05) is 0 Å². The Labute approximate surface area is 111 Å². The molecule has 0 aliphatic heterocycles. The molecule has 0 spiro atoms. The monoisotopic (exact) mass is 275 g/mol. The van der Waals surface area contributed by atoms with Crippen LogP contribution in [-0.2, 0) is 0 Å². The van der Waals surface area contributed by atoms with Crippen molar-refractivity contribution in [2.24, 2.45) is 0 Å². The molecule has 9 heteroatoms. The van der Waals surface area contributed by atoms with Crippen LogP contribution < -0.4 is 10.4 Å². The zero-order valence-electron chi connectivity index (χ0n) is 9.82. The summed E-state index contributed by atoms with van der Waals surface area (Å²) in [5.74, 6) is -2.32. The molecule has 2 N–H and O–H groups in total. The number of imidazole rings is 1. The molecule has 9 nitrogen and oxygen atoms in total. The summed E-state index contributed by atoms with van der Waals surface area (Å²) in [4.78, 5) is 38.3. The number of benzene rings is 1. The second kappa shape index (κ2) is 5.18. The van der Waals surface area contributed by atoms with Crippen molar-refractivity contribution in [1.82, 2.24) is 9.97 Å². The van der Waals surface area contributed by atoms with Crippen LogP contribution in [0.3, 0.4) is 0 Å². The number of H-pyrrole nitrogens is 1. The first-order valence-corrected chi connectivity index (χ1v) is 5.29. The lowest BCUT2D eigenvalue weighted by Gasteiger charge is -2.05. The average molecular weight is 275 g/mol. The van der Waals surface area contributed by atoms with E-state index in [1.165, 1.54) is 24.3 Å². The fourth-order valence-electron chi connectivity index (χ4n) is 1.48. The first-order valence-electron chi connectivity index (χ1n) is 5.29. The van der Waals surface area contributed by atoms with E-state index in [0.29, 0.717) is 0 Å². The molecule has 1 amide bonds. The van der Waals surface area contributed by atoms with Gasteiger partial charge in [-0.15, -0.1) is 0 Å². The normalized spacial score (nSPS) is 10.0. The van der Waals surface area contributed by atoms with Gasteiger partial charge < -0.3 is 20.2 Å². The Morgan fingerprint density at radius 3 is 2.45 bits per heavy atom. The number of carbonyl (C=O) groups excluding carboxylic acids is 2. The smallest absolute Gasteiger partial charge is 0.276 e. The van der Waals surface area contributed by atoms with Crippen molar-refractivity contribution >= 4 is 23.3 Å². The van der Waals surface area contributed by atoms with Crippen molar-refractivity contribution in [3.8, 4) is 0 Å². The van der Waals surface area contributed by atoms with Gasteiger partial charge in [0.05, 0.1) is 22.9 Å². The van der Waals surface area contributed by atoms with Gasteiger partial charge in [0.15, 0.2) is 5.69 Å². The lowest BCUT2D eigenvalue weighted by Crippen LogP contribution is -2.26. The molecule has 20 heavy (non-hydrogen) atoms. The molecule has 1 aromatic heterocycles. The Morgan fingerprint density at radius 1 is 1.25 bits per heavy atom. The van der Waals surface area contributed by atoms with E-state index in [0.717, 1.165) is 6.33 Å². The maximum absolute atomic E-state index is 11.8. The van der Waals surface area contributed by atoms with Gasteiger partial charge in [0.2, 0.25) is 0 Å². The number of aromatic amines is 1. The van der Waals surface area contributed by atoms with E-state index >= 15 is 0 Å². The first kappa shape index (κ1) is 13.2. The molecule has 0 aliphatic rings. The molecule has 0 bridgehead atoms. The quantitative estimate of drug-likeness (QED) is 0.591. The fourth-order valence-corrected chi connectivity index (χ4v) is 1.48. The van der Waals surface area contributed by atoms with Crippen molar-refractivity contribution in [3.05, 3.63) is 52.1 Å². The summed E-state index contributed by atoms with van der Waals surface area (Å²) in [6.07, 6.45) is 1.05. The van der Waals surface area contributed by atoms with E-state index in [1.807, 2.05) is 0 Å². The highest BCUT2D eigenvalue weighted by Crippen LogP contribution is 2.16. The molecule has 0 saturated heterocycles. The number of aromatic nitrogens is 2. The van der Waals surface area contributed by atoms with E-state index in [-0.39, 0.29) is 17.1 Å². The van der Waals surface area contributed by atoms with E-state index < -0.39 is 22.5 Å². The predicted molar refractivity (Wildman–Crippen MR) is 64.0 cm³/mol. The summed E-state index contributed by atoms with van der Waals surface area (Å²) in [5, 5.41) is 23.6. The Morgan fingerprint density at radius 2 is 1.90 bits per heavy atom. The number of carbonyl (C=O) groups is 2. The van der Waals surface area contributed by atoms with Crippen molar-refractivity contribution in [3.63, 3.8) is 0 Å². The van der Waals surface area contributed by atoms with Crippen LogP contribution in [0.15, 0.2) is 30.6 Å². The van der Waals surface area contributed by atoms with Crippen LogP contribution in [0.25, 0.3) is 0 Å². The first-order chi connectivity index (χ1) is 9.49. The third-order valence-electron chi connectivity index (χ3n) is 2.39. The zero-order valence-corrected chi connectivity index (χ0v) is 9.82. The summed E-state index contributed by atoms with van der Waals surface area (Å²) in [7, 11) is 0. The number of nitro groups is 1. The SMILES string of the molecule is O=C(Nc1ccc([N+](=O)[O-])cc1)c1nc[nH]c1C(=O)[O-]. The standard InChI is InChI=1S/C11H8N4O5/c16-10(8-9(11(17)18)13-5-12-8)14-6-1-3-7(4-2-6)15(19)20/h1-5H,(H,12,13)(H,14,16)(H,17,18)/p-1. The Bertz CT molecular complexity index is 676. The average Bonchev–Trinajstić information content (AvgIpc) is 2.88. The lowest BCUT2D eigenvalue weighted by molar-refractivity contribution is -0.384. The summed E-state index contributed by atoms with van der Waals surface area (Å²) in [6, 6.07) is 5.06. The number of aromatic carboxylic acids is 1. The molecule has 102 valence electrons. The molecule has 2 aromatic rings. The third kappa shape index (κ3) is 2.61. The predicted octanol–water partition coefficient (Wildman–Crippen LogP) is -0.0663. The largest absolute Gasteiger partial charge is 0.543 e. The summed E-state index contributed by atoms with van der Waals surface area (Å²) in [5.41, 5.74) is -0.626. The second-order valence-corrected chi connectivity index (χ2v) is 3.67. The van der Waals surface area contributed by atoms with Gasteiger partial charge >= 0.3 is 0 Å². The topological polar surface area (TPSA) is 141 Å². The van der Waals surface area contributed by atoms with E-state index in [2.05, 4.69) is 15.3 Å². The van der Waals surface area contributed by atoms with Crippen LogP contribution in [-0.4, -0.2) is 26.8 Å². The zero-order chi connectivity index (χ0) is 14.7. The number of carboxylic acids is 1. The van der Waals surface area contributed by atoms with E-state index in [1.54, 1.807) is 0 Å². The Balaban J connectivity index is 2.17. The van der Waals surface area contributed by atoms with Crippen molar-refractivity contribution in [2.75, 3.05) is 5.32 Å². The number of hydrogen-bond donors (Lipinski definition) is 2. The Hall–Kier alpha value is -3.23. The second-order valence-electron chi connectivity index (χ2n) is 3.67. The summed E-state index contributed by atoms with van der Waals surface area (Å²) < 4.78 is 0. The van der Waals surface area contributed by atoms with Crippen LogP contribution in [0.1, 0.15) is 21.0 Å². The summed E-state index contributed by atoms with van der Waals surface area (Å²) in [6.45, 7) is 0. The number of carboxylic acid groups (broad SMARTS) is 1. The number of anilines is 1. The highest BCUT2D eigenvalue weighted by atomic mass is 16.6. The van der Waals surface area contributed by atoms with Crippen LogP contribution >= 0.6 is 0 Å². The lowest BCUT2D eigenvalue weighted by atomic mass is 10.2. The van der Waals surface area contributed by atoms with Crippen molar-refractivity contribution < 1.29 is 19.6 Å². The van der Waals surface area contributed by atoms with Crippen LogP contribution in [0.4, 0.5) is 11.4 Å². The molecule has 0 atom stereocenters. The highest BCUT2D eigenvalue weighted by Gasteiger charge is 2.15. The highest BCUT2D eigenvalue weighted by molar-refractivity contribution is 6.08. The van der Waals surface area contributed by atoms with Crippen molar-refractivity contribution in [1.29, 1.82) is 0 Å². The molecule has 1 heterocycles. The van der Waals surface area contributed by atoms with Gasteiger partial charge in [-0.05, 0) is 12.1 Å². The van der Waals surface area contributed by atoms with E-state index in [4.69, 9.17) is 0 Å². The third-order valence-corrected chi connectivity index (χ3v) is 2.39. The van der Waals surface area contributed by atoms with Crippen molar-refractivity contribution in [2.45, 2.75) is 0 Å². The number of non-ortho nitro benzene ring substituents is 1. The van der Waals surface area contributed by atoms with Gasteiger partial charge in [0.1, 0.15) is 0 Å². The molecular weight excluding hydrogens is 268 g/mol. The molecule has 0 radical (unpaired) electrons. The molecular formula is C11H7N4O5-. The molecule has 0 aliphatic carbocycles. The van der Waals surface area contributed by atoms with E-state index in [9.17, 15) is 24.8 Å². The maximum atomic E-state index is 11.8. The maximum Gasteiger partial charge on any atom is 0.276 e. The number of hydrogen-bond acceptors (Lipinski definition) is 6. The minimum atomic E-state index is -1.56. The van der Waals surface area contributed by atoms with Crippen LogP contribution in [0.5, 0.6) is 0 Å². The number of nitrogens with zero attached hydrogens (tertiary/aromatic N) is 2. The number of nitro benzene ring substituents is 1. The number of amides is 1. The molecule has 1 aromatic carbocycles.